The van der Waals surface area contributed by atoms with Crippen molar-refractivity contribution < 1.29 is 24.5 Å². The molecule has 2 atom stereocenters. The summed E-state index contributed by atoms with van der Waals surface area (Å²) in [5.41, 5.74) is 2.30. The van der Waals surface area contributed by atoms with Crippen LogP contribution in [-0.2, 0) is 22.6 Å². The lowest BCUT2D eigenvalue weighted by Crippen LogP contribution is -2.29. The van der Waals surface area contributed by atoms with Gasteiger partial charge in [0, 0.05) is 13.0 Å². The number of hydrogen-bond acceptors (Lipinski definition) is 5. The van der Waals surface area contributed by atoms with Gasteiger partial charge in [-0.1, -0.05) is 54.6 Å². The Hall–Kier alpha value is -2.70. The predicted octanol–water partition coefficient (Wildman–Crippen LogP) is 2.53. The lowest BCUT2D eigenvalue weighted by molar-refractivity contribution is -0.116. The maximum Gasteiger partial charge on any atom is 0.407 e. The van der Waals surface area contributed by atoms with Gasteiger partial charge in [0.25, 0.3) is 0 Å². The molecule has 2 unspecified atom stereocenters. The molecule has 0 saturated heterocycles. The fourth-order valence-corrected chi connectivity index (χ4v) is 2.60. The van der Waals surface area contributed by atoms with Gasteiger partial charge in [0.05, 0.1) is 6.10 Å². The molecular weight excluding hydrogens is 346 g/mol. The molecule has 0 heterocycles. The van der Waals surface area contributed by atoms with Crippen LogP contribution in [-0.4, -0.2) is 34.7 Å². The van der Waals surface area contributed by atoms with Gasteiger partial charge in [-0.25, -0.2) is 4.79 Å². The number of amides is 1. The summed E-state index contributed by atoms with van der Waals surface area (Å²) in [6.45, 7) is 1.86. The second kappa shape index (κ2) is 10.4. The molecule has 6 nitrogen and oxygen atoms in total. The summed E-state index contributed by atoms with van der Waals surface area (Å²) < 4.78 is 5.08. The zero-order valence-electron chi connectivity index (χ0n) is 15.3. The van der Waals surface area contributed by atoms with Crippen LogP contribution in [0.1, 0.15) is 36.1 Å². The third-order valence-corrected chi connectivity index (χ3v) is 4.06. The van der Waals surface area contributed by atoms with E-state index in [2.05, 4.69) is 5.32 Å². The maximum atomic E-state index is 11.7. The molecule has 27 heavy (non-hydrogen) atoms. The average molecular weight is 371 g/mol. The van der Waals surface area contributed by atoms with Crippen molar-refractivity contribution in [3.63, 3.8) is 0 Å². The summed E-state index contributed by atoms with van der Waals surface area (Å²) in [5.74, 6) is 0.0635. The van der Waals surface area contributed by atoms with Crippen LogP contribution in [0.5, 0.6) is 0 Å². The first-order chi connectivity index (χ1) is 13.0. The first-order valence-corrected chi connectivity index (χ1v) is 8.84. The topological polar surface area (TPSA) is 95.9 Å². The van der Waals surface area contributed by atoms with E-state index in [9.17, 15) is 19.8 Å². The van der Waals surface area contributed by atoms with E-state index in [1.165, 1.54) is 6.92 Å². The van der Waals surface area contributed by atoms with Crippen molar-refractivity contribution >= 4 is 11.9 Å². The number of carbonyl (C=O) groups is 2. The van der Waals surface area contributed by atoms with Crippen LogP contribution in [0.4, 0.5) is 4.79 Å². The van der Waals surface area contributed by atoms with Crippen LogP contribution < -0.4 is 5.32 Å². The second-order valence-electron chi connectivity index (χ2n) is 6.41. The molecule has 0 saturated carbocycles. The molecule has 0 radical (unpaired) electrons. The second-order valence-corrected chi connectivity index (χ2v) is 6.41. The van der Waals surface area contributed by atoms with E-state index in [1.54, 1.807) is 24.3 Å². The summed E-state index contributed by atoms with van der Waals surface area (Å²) in [6, 6.07) is 16.2. The Morgan fingerprint density at radius 3 is 2.30 bits per heavy atom. The Balaban J connectivity index is 1.71. The summed E-state index contributed by atoms with van der Waals surface area (Å²) >= 11 is 0. The number of nitrogens with one attached hydrogen (secondary N) is 1. The molecule has 144 valence electrons. The minimum Gasteiger partial charge on any atom is -0.445 e. The number of hydrogen-bond donors (Lipinski definition) is 3. The van der Waals surface area contributed by atoms with Gasteiger partial charge in [-0.2, -0.15) is 0 Å². The summed E-state index contributed by atoms with van der Waals surface area (Å²) in [7, 11) is 0. The Morgan fingerprint density at radius 2 is 1.67 bits per heavy atom. The van der Waals surface area contributed by atoms with Crippen molar-refractivity contribution in [2.45, 2.75) is 38.6 Å². The minimum atomic E-state index is -1.07. The van der Waals surface area contributed by atoms with Crippen LogP contribution in [0.3, 0.4) is 0 Å². The van der Waals surface area contributed by atoms with Crippen molar-refractivity contribution in [1.29, 1.82) is 0 Å². The largest absolute Gasteiger partial charge is 0.445 e. The first-order valence-electron chi connectivity index (χ1n) is 8.84. The smallest absolute Gasteiger partial charge is 0.407 e. The van der Waals surface area contributed by atoms with E-state index < -0.39 is 18.3 Å². The standard InChI is InChI=1S/C21H25NO5/c1-15(23)13-16-7-9-18(10-8-16)20(25)19(24)11-12-22-21(26)27-14-17-5-3-2-4-6-17/h2-10,19-20,24-25H,11-14H2,1H3,(H,22,26). The maximum absolute atomic E-state index is 11.7. The summed E-state index contributed by atoms with van der Waals surface area (Å²) in [6.07, 6.45) is -2.16. The van der Waals surface area contributed by atoms with Crippen LogP contribution in [0.25, 0.3) is 0 Å². The molecule has 0 aliphatic heterocycles. The number of ether oxygens (including phenoxy) is 1. The Bertz CT molecular complexity index is 730. The Morgan fingerprint density at radius 1 is 1.00 bits per heavy atom. The number of rotatable bonds is 9. The lowest BCUT2D eigenvalue weighted by atomic mass is 9.99. The number of Topliss-reactive ketones (excluding diaryl/α,β-unsaturated/α-hetero) is 1. The van der Waals surface area contributed by atoms with E-state index in [4.69, 9.17) is 4.74 Å². The van der Waals surface area contributed by atoms with Crippen molar-refractivity contribution in [3.8, 4) is 0 Å². The number of ketones is 1. The Labute approximate surface area is 158 Å². The van der Waals surface area contributed by atoms with Crippen molar-refractivity contribution in [1.82, 2.24) is 5.32 Å². The molecular formula is C21H25NO5. The fraction of sp³-hybridized carbons (Fsp3) is 0.333. The van der Waals surface area contributed by atoms with E-state index in [0.717, 1.165) is 11.1 Å². The molecule has 0 aliphatic carbocycles. The highest BCUT2D eigenvalue weighted by Crippen LogP contribution is 2.19. The molecule has 0 fully saturated rings. The number of aliphatic hydroxyl groups excluding tert-OH is 2. The van der Waals surface area contributed by atoms with Gasteiger partial charge >= 0.3 is 6.09 Å². The first kappa shape index (κ1) is 20.6. The number of carbonyl (C=O) groups excluding carboxylic acids is 2. The molecule has 3 N–H and O–H groups in total. The Kier molecular flexibility index (Phi) is 7.98. The molecule has 2 aromatic rings. The number of aliphatic hydroxyl groups is 2. The van der Waals surface area contributed by atoms with Crippen LogP contribution in [0, 0.1) is 0 Å². The van der Waals surface area contributed by atoms with Crippen LogP contribution in [0.15, 0.2) is 54.6 Å². The molecule has 6 heteroatoms. The van der Waals surface area contributed by atoms with Gasteiger partial charge in [-0.3, -0.25) is 4.79 Å². The van der Waals surface area contributed by atoms with E-state index in [1.807, 2.05) is 30.3 Å². The predicted molar refractivity (Wildman–Crippen MR) is 101 cm³/mol. The van der Waals surface area contributed by atoms with Gasteiger partial charge in [-0.05, 0) is 30.0 Å². The molecule has 0 spiro atoms. The zero-order valence-corrected chi connectivity index (χ0v) is 15.3. The molecule has 2 rings (SSSR count). The highest BCUT2D eigenvalue weighted by Gasteiger charge is 2.18. The SMILES string of the molecule is CC(=O)Cc1ccc(C(O)C(O)CCNC(=O)OCc2ccccc2)cc1. The van der Waals surface area contributed by atoms with Gasteiger partial charge in [0.2, 0.25) is 0 Å². The summed E-state index contributed by atoms with van der Waals surface area (Å²) in [5, 5.41) is 22.9. The molecule has 2 aromatic carbocycles. The normalized spacial score (nSPS) is 12.9. The van der Waals surface area contributed by atoms with Gasteiger partial charge in [0.15, 0.2) is 0 Å². The van der Waals surface area contributed by atoms with E-state index >= 15 is 0 Å². The fourth-order valence-electron chi connectivity index (χ4n) is 2.60. The molecule has 1 amide bonds. The zero-order chi connectivity index (χ0) is 19.6. The van der Waals surface area contributed by atoms with Crippen LogP contribution in [0.2, 0.25) is 0 Å². The van der Waals surface area contributed by atoms with Crippen molar-refractivity contribution in [2.24, 2.45) is 0 Å². The third kappa shape index (κ3) is 7.21. The van der Waals surface area contributed by atoms with E-state index in [0.29, 0.717) is 12.0 Å². The quantitative estimate of drug-likeness (QED) is 0.629. The van der Waals surface area contributed by atoms with Crippen molar-refractivity contribution in [3.05, 3.63) is 71.3 Å². The molecule has 0 bridgehead atoms. The lowest BCUT2D eigenvalue weighted by Gasteiger charge is -2.18. The molecule has 0 aliphatic rings. The summed E-state index contributed by atoms with van der Waals surface area (Å²) in [4.78, 5) is 22.8. The molecule has 0 aromatic heterocycles. The van der Waals surface area contributed by atoms with Gasteiger partial charge < -0.3 is 20.3 Å². The third-order valence-electron chi connectivity index (χ3n) is 4.06. The van der Waals surface area contributed by atoms with Crippen molar-refractivity contribution in [2.75, 3.05) is 6.54 Å². The number of alkyl carbamates (subject to hydrolysis) is 1. The monoisotopic (exact) mass is 371 g/mol. The highest BCUT2D eigenvalue weighted by atomic mass is 16.5. The number of benzene rings is 2. The van der Waals surface area contributed by atoms with E-state index in [-0.39, 0.29) is 25.4 Å². The minimum absolute atomic E-state index is 0.0635. The van der Waals surface area contributed by atoms with Crippen LogP contribution >= 0.6 is 0 Å². The highest BCUT2D eigenvalue weighted by molar-refractivity contribution is 5.78. The van der Waals surface area contributed by atoms with Gasteiger partial charge in [-0.15, -0.1) is 0 Å². The average Bonchev–Trinajstić information content (AvgIpc) is 2.66. The van der Waals surface area contributed by atoms with Gasteiger partial charge in [0.1, 0.15) is 18.5 Å².